The van der Waals surface area contributed by atoms with Gasteiger partial charge in [0.05, 0.1) is 4.99 Å². The zero-order chi connectivity index (χ0) is 12.0. The van der Waals surface area contributed by atoms with Gasteiger partial charge in [0.25, 0.3) is 0 Å². The molecule has 0 aromatic carbocycles. The van der Waals surface area contributed by atoms with Crippen LogP contribution < -0.4 is 5.73 Å². The summed E-state index contributed by atoms with van der Waals surface area (Å²) in [7, 11) is 0. The van der Waals surface area contributed by atoms with Crippen molar-refractivity contribution in [3.8, 4) is 0 Å². The van der Waals surface area contributed by atoms with E-state index in [-0.39, 0.29) is 0 Å². The van der Waals surface area contributed by atoms with Crippen LogP contribution in [0.2, 0.25) is 0 Å². The smallest absolute Gasteiger partial charge is 0.0727 e. The predicted octanol–water partition coefficient (Wildman–Crippen LogP) is 1.47. The van der Waals surface area contributed by atoms with E-state index in [4.69, 9.17) is 18.0 Å². The second kappa shape index (κ2) is 7.20. The standard InChI is InChI=1S/C12H25N3S/c1-3-11(2)15-9-7-14(8-10-15)6-4-5-12(13)16/h11H,3-10H2,1-2H3,(H2,13,16). The molecule has 1 rings (SSSR count). The molecule has 1 saturated heterocycles. The van der Waals surface area contributed by atoms with Crippen LogP contribution in [0.25, 0.3) is 0 Å². The highest BCUT2D eigenvalue weighted by molar-refractivity contribution is 7.80. The van der Waals surface area contributed by atoms with E-state index in [2.05, 4.69) is 23.6 Å². The summed E-state index contributed by atoms with van der Waals surface area (Å²) in [5, 5.41) is 0. The van der Waals surface area contributed by atoms with E-state index in [9.17, 15) is 0 Å². The van der Waals surface area contributed by atoms with Gasteiger partial charge >= 0.3 is 0 Å². The van der Waals surface area contributed by atoms with Crippen LogP contribution in [0.1, 0.15) is 33.1 Å². The molecule has 0 saturated carbocycles. The minimum atomic E-state index is 0.651. The molecule has 0 amide bonds. The minimum absolute atomic E-state index is 0.651. The summed E-state index contributed by atoms with van der Waals surface area (Å²) in [6.07, 6.45) is 3.25. The fraction of sp³-hybridized carbons (Fsp3) is 0.917. The fourth-order valence-corrected chi connectivity index (χ4v) is 2.31. The van der Waals surface area contributed by atoms with Crippen molar-refractivity contribution in [3.05, 3.63) is 0 Å². The van der Waals surface area contributed by atoms with Gasteiger partial charge in [-0.3, -0.25) is 4.90 Å². The van der Waals surface area contributed by atoms with E-state index >= 15 is 0 Å². The maximum atomic E-state index is 5.49. The van der Waals surface area contributed by atoms with Crippen LogP contribution in [0, 0.1) is 0 Å². The molecule has 3 nitrogen and oxygen atoms in total. The normalized spacial score (nSPS) is 20.9. The van der Waals surface area contributed by atoms with Gasteiger partial charge in [-0.25, -0.2) is 0 Å². The Morgan fingerprint density at radius 3 is 2.44 bits per heavy atom. The molecule has 2 N–H and O–H groups in total. The molecule has 0 radical (unpaired) electrons. The number of rotatable bonds is 6. The zero-order valence-electron chi connectivity index (χ0n) is 10.6. The molecule has 1 aliphatic rings. The second-order valence-electron chi connectivity index (χ2n) is 4.70. The van der Waals surface area contributed by atoms with Gasteiger partial charge in [0.2, 0.25) is 0 Å². The predicted molar refractivity (Wildman–Crippen MR) is 73.8 cm³/mol. The van der Waals surface area contributed by atoms with Crippen molar-refractivity contribution in [2.75, 3.05) is 32.7 Å². The highest BCUT2D eigenvalue weighted by Crippen LogP contribution is 2.09. The van der Waals surface area contributed by atoms with Crippen molar-refractivity contribution in [1.82, 2.24) is 9.80 Å². The Hall–Kier alpha value is -0.190. The number of nitrogens with zero attached hydrogens (tertiary/aromatic N) is 2. The van der Waals surface area contributed by atoms with E-state index in [1.165, 1.54) is 32.6 Å². The van der Waals surface area contributed by atoms with E-state index in [0.717, 1.165) is 25.4 Å². The maximum absolute atomic E-state index is 5.49. The molecule has 0 aromatic heterocycles. The first kappa shape index (κ1) is 13.9. The van der Waals surface area contributed by atoms with E-state index in [1.807, 2.05) is 0 Å². The van der Waals surface area contributed by atoms with E-state index < -0.39 is 0 Å². The van der Waals surface area contributed by atoms with Gasteiger partial charge in [0.15, 0.2) is 0 Å². The Labute approximate surface area is 105 Å². The monoisotopic (exact) mass is 243 g/mol. The highest BCUT2D eigenvalue weighted by Gasteiger charge is 2.19. The number of piperazine rings is 1. The third-order valence-corrected chi connectivity index (χ3v) is 3.72. The van der Waals surface area contributed by atoms with Crippen LogP contribution >= 0.6 is 12.2 Å². The van der Waals surface area contributed by atoms with Crippen LogP contribution in [0.5, 0.6) is 0 Å². The lowest BCUT2D eigenvalue weighted by atomic mass is 10.2. The molecular weight excluding hydrogens is 218 g/mol. The molecule has 4 heteroatoms. The largest absolute Gasteiger partial charge is 0.393 e. The second-order valence-corrected chi connectivity index (χ2v) is 5.23. The molecule has 1 fully saturated rings. The van der Waals surface area contributed by atoms with Crippen LogP contribution in [-0.2, 0) is 0 Å². The van der Waals surface area contributed by atoms with Crippen molar-refractivity contribution in [2.24, 2.45) is 5.73 Å². The Balaban J connectivity index is 2.14. The van der Waals surface area contributed by atoms with Crippen LogP contribution in [0.4, 0.5) is 0 Å². The van der Waals surface area contributed by atoms with Crippen LogP contribution in [0.15, 0.2) is 0 Å². The lowest BCUT2D eigenvalue weighted by Crippen LogP contribution is -2.49. The average Bonchev–Trinajstić information content (AvgIpc) is 2.28. The summed E-state index contributed by atoms with van der Waals surface area (Å²) in [6, 6.07) is 0.735. The summed E-state index contributed by atoms with van der Waals surface area (Å²) >= 11 is 4.88. The minimum Gasteiger partial charge on any atom is -0.393 e. The van der Waals surface area contributed by atoms with Crippen molar-refractivity contribution < 1.29 is 0 Å². The SMILES string of the molecule is CCC(C)N1CCN(CCCC(N)=S)CC1. The van der Waals surface area contributed by atoms with Gasteiger partial charge in [-0.05, 0) is 32.7 Å². The van der Waals surface area contributed by atoms with Crippen molar-refractivity contribution in [2.45, 2.75) is 39.2 Å². The highest BCUT2D eigenvalue weighted by atomic mass is 32.1. The third kappa shape index (κ3) is 4.76. The van der Waals surface area contributed by atoms with Crippen LogP contribution in [0.3, 0.4) is 0 Å². The molecule has 0 spiro atoms. The Kier molecular flexibility index (Phi) is 6.24. The Morgan fingerprint density at radius 2 is 1.94 bits per heavy atom. The number of hydrogen-bond donors (Lipinski definition) is 1. The summed E-state index contributed by atoms with van der Waals surface area (Å²) in [5.74, 6) is 0. The third-order valence-electron chi connectivity index (χ3n) is 3.52. The first-order valence-corrected chi connectivity index (χ1v) is 6.79. The summed E-state index contributed by atoms with van der Waals surface area (Å²) < 4.78 is 0. The van der Waals surface area contributed by atoms with E-state index in [1.54, 1.807) is 0 Å². The Bertz CT molecular complexity index is 212. The molecule has 1 atom stereocenters. The van der Waals surface area contributed by atoms with Crippen molar-refractivity contribution in [3.63, 3.8) is 0 Å². The quantitative estimate of drug-likeness (QED) is 0.716. The molecule has 0 bridgehead atoms. The molecule has 0 aromatic rings. The first-order chi connectivity index (χ1) is 7.63. The molecule has 0 aliphatic carbocycles. The van der Waals surface area contributed by atoms with Crippen LogP contribution in [-0.4, -0.2) is 53.6 Å². The summed E-state index contributed by atoms with van der Waals surface area (Å²) in [6.45, 7) is 10.5. The summed E-state index contributed by atoms with van der Waals surface area (Å²) in [4.78, 5) is 5.76. The summed E-state index contributed by atoms with van der Waals surface area (Å²) in [5.41, 5.74) is 5.49. The molecule has 94 valence electrons. The van der Waals surface area contributed by atoms with Gasteiger partial charge in [0, 0.05) is 32.2 Å². The van der Waals surface area contributed by atoms with Gasteiger partial charge < -0.3 is 10.6 Å². The Morgan fingerprint density at radius 1 is 1.31 bits per heavy atom. The molecule has 16 heavy (non-hydrogen) atoms. The number of hydrogen-bond acceptors (Lipinski definition) is 3. The number of thiocarbonyl (C=S) groups is 1. The lowest BCUT2D eigenvalue weighted by molar-refractivity contribution is 0.100. The van der Waals surface area contributed by atoms with Crippen molar-refractivity contribution in [1.29, 1.82) is 0 Å². The van der Waals surface area contributed by atoms with Gasteiger partial charge in [-0.1, -0.05) is 19.1 Å². The van der Waals surface area contributed by atoms with Crippen molar-refractivity contribution >= 4 is 17.2 Å². The van der Waals surface area contributed by atoms with E-state index in [0.29, 0.717) is 4.99 Å². The first-order valence-electron chi connectivity index (χ1n) is 6.38. The molecule has 1 aliphatic heterocycles. The van der Waals surface area contributed by atoms with Gasteiger partial charge in [0.1, 0.15) is 0 Å². The average molecular weight is 243 g/mol. The zero-order valence-corrected chi connectivity index (χ0v) is 11.4. The molecule has 1 unspecified atom stereocenters. The lowest BCUT2D eigenvalue weighted by Gasteiger charge is -2.37. The molecule has 1 heterocycles. The maximum Gasteiger partial charge on any atom is 0.0727 e. The van der Waals surface area contributed by atoms with Gasteiger partial charge in [-0.15, -0.1) is 0 Å². The fourth-order valence-electron chi connectivity index (χ4n) is 2.16. The van der Waals surface area contributed by atoms with Gasteiger partial charge in [-0.2, -0.15) is 0 Å². The molecular formula is C12H25N3S. The topological polar surface area (TPSA) is 32.5 Å². The number of nitrogens with two attached hydrogens (primary N) is 1.